The van der Waals surface area contributed by atoms with Gasteiger partial charge in [0.25, 0.3) is 5.56 Å². The van der Waals surface area contributed by atoms with Crippen LogP contribution in [0.15, 0.2) is 15.7 Å². The molecule has 0 aromatic carbocycles. The molecule has 0 spiro atoms. The number of nitrogens with zero attached hydrogens (tertiary/aromatic N) is 3. The zero-order valence-electron chi connectivity index (χ0n) is 13.6. The van der Waals surface area contributed by atoms with Crippen LogP contribution in [0.1, 0.15) is 34.2 Å². The summed E-state index contributed by atoms with van der Waals surface area (Å²) in [5.41, 5.74) is 1.03. The fraction of sp³-hybridized carbons (Fsp3) is 0.533. The van der Waals surface area contributed by atoms with E-state index in [1.165, 1.54) is 15.5 Å². The highest BCUT2D eigenvalue weighted by molar-refractivity contribution is 7.11. The summed E-state index contributed by atoms with van der Waals surface area (Å²) in [4.78, 5) is 34.3. The highest BCUT2D eigenvalue weighted by Crippen LogP contribution is 2.25. The van der Waals surface area contributed by atoms with E-state index in [2.05, 4.69) is 28.7 Å². The van der Waals surface area contributed by atoms with Gasteiger partial charge in [-0.1, -0.05) is 0 Å². The Hall–Kier alpha value is -1.73. The van der Waals surface area contributed by atoms with Crippen LogP contribution >= 0.6 is 11.3 Å². The molecular formula is C15H22N4O2S. The van der Waals surface area contributed by atoms with Crippen molar-refractivity contribution >= 4 is 11.3 Å². The zero-order chi connectivity index (χ0) is 16.4. The van der Waals surface area contributed by atoms with Crippen LogP contribution in [-0.4, -0.2) is 33.0 Å². The van der Waals surface area contributed by atoms with Crippen molar-refractivity contribution in [2.24, 2.45) is 0 Å². The maximum absolute atomic E-state index is 11.9. The van der Waals surface area contributed by atoms with Gasteiger partial charge in [-0.3, -0.25) is 14.3 Å². The van der Waals surface area contributed by atoms with Crippen molar-refractivity contribution in [1.29, 1.82) is 0 Å². The maximum Gasteiger partial charge on any atom is 0.328 e. The van der Waals surface area contributed by atoms with Crippen LogP contribution < -0.4 is 11.2 Å². The molecule has 1 N–H and O–H groups in total. The highest BCUT2D eigenvalue weighted by atomic mass is 32.1. The zero-order valence-corrected chi connectivity index (χ0v) is 14.5. The van der Waals surface area contributed by atoms with Crippen molar-refractivity contribution in [1.82, 2.24) is 19.4 Å². The standard InChI is InChI=1S/C15H22N4O2S/c1-9-8-13(20)19(15(21)16-9)7-6-18(5)10(2)14-11(3)22-12(4)17-14/h8,10H,6-7H2,1-5H3,(H,16,21). The molecule has 0 aliphatic carbocycles. The first-order valence-electron chi connectivity index (χ1n) is 7.24. The van der Waals surface area contributed by atoms with Crippen LogP contribution in [0.25, 0.3) is 0 Å². The molecule has 6 nitrogen and oxygen atoms in total. The van der Waals surface area contributed by atoms with E-state index in [9.17, 15) is 9.59 Å². The molecule has 1 atom stereocenters. The van der Waals surface area contributed by atoms with Gasteiger partial charge in [0.15, 0.2) is 0 Å². The van der Waals surface area contributed by atoms with Crippen molar-refractivity contribution in [3.05, 3.63) is 48.2 Å². The quantitative estimate of drug-likeness (QED) is 0.908. The summed E-state index contributed by atoms with van der Waals surface area (Å²) in [5.74, 6) is 0. The van der Waals surface area contributed by atoms with Gasteiger partial charge < -0.3 is 4.98 Å². The number of rotatable bonds is 5. The molecule has 120 valence electrons. The van der Waals surface area contributed by atoms with E-state index in [0.29, 0.717) is 18.8 Å². The average molecular weight is 322 g/mol. The predicted octanol–water partition coefficient (Wildman–Crippen LogP) is 1.61. The molecule has 22 heavy (non-hydrogen) atoms. The predicted molar refractivity (Wildman–Crippen MR) is 88.7 cm³/mol. The van der Waals surface area contributed by atoms with Crippen LogP contribution in [0.4, 0.5) is 0 Å². The monoisotopic (exact) mass is 322 g/mol. The summed E-state index contributed by atoms with van der Waals surface area (Å²) in [6.07, 6.45) is 0. The Morgan fingerprint density at radius 3 is 2.59 bits per heavy atom. The van der Waals surface area contributed by atoms with Crippen LogP contribution in [0, 0.1) is 20.8 Å². The van der Waals surface area contributed by atoms with E-state index in [0.717, 1.165) is 10.7 Å². The number of aromatic nitrogens is 3. The van der Waals surface area contributed by atoms with Gasteiger partial charge in [-0.25, -0.2) is 9.78 Å². The molecule has 0 saturated carbocycles. The third-order valence-corrected chi connectivity index (χ3v) is 4.73. The van der Waals surface area contributed by atoms with Gasteiger partial charge in [-0.2, -0.15) is 0 Å². The van der Waals surface area contributed by atoms with E-state index >= 15 is 0 Å². The lowest BCUT2D eigenvalue weighted by Crippen LogP contribution is -2.38. The molecule has 0 fully saturated rings. The van der Waals surface area contributed by atoms with Gasteiger partial charge in [0, 0.05) is 29.7 Å². The lowest BCUT2D eigenvalue weighted by molar-refractivity contribution is 0.244. The number of aryl methyl sites for hydroxylation is 3. The van der Waals surface area contributed by atoms with Gasteiger partial charge in [-0.05, 0) is 34.7 Å². The molecule has 0 aliphatic heterocycles. The van der Waals surface area contributed by atoms with Crippen molar-refractivity contribution in [2.75, 3.05) is 13.6 Å². The smallest absolute Gasteiger partial charge is 0.311 e. The van der Waals surface area contributed by atoms with Crippen molar-refractivity contribution in [3.63, 3.8) is 0 Å². The fourth-order valence-corrected chi connectivity index (χ4v) is 3.35. The number of likely N-dealkylation sites (N-methyl/N-ethyl adjacent to an activating group) is 1. The Kier molecular flexibility index (Phi) is 4.97. The van der Waals surface area contributed by atoms with Crippen LogP contribution in [-0.2, 0) is 6.54 Å². The van der Waals surface area contributed by atoms with E-state index in [1.54, 1.807) is 18.3 Å². The minimum atomic E-state index is -0.355. The molecule has 0 radical (unpaired) electrons. The van der Waals surface area contributed by atoms with Gasteiger partial charge in [0.1, 0.15) is 0 Å². The van der Waals surface area contributed by atoms with Crippen molar-refractivity contribution in [2.45, 2.75) is 40.3 Å². The first-order chi connectivity index (χ1) is 10.3. The topological polar surface area (TPSA) is 71.0 Å². The molecule has 7 heteroatoms. The Morgan fingerprint density at radius 2 is 2.05 bits per heavy atom. The van der Waals surface area contributed by atoms with E-state index in [-0.39, 0.29) is 17.3 Å². The first kappa shape index (κ1) is 16.6. The van der Waals surface area contributed by atoms with Crippen LogP contribution in [0.5, 0.6) is 0 Å². The lowest BCUT2D eigenvalue weighted by Gasteiger charge is -2.24. The molecule has 0 bridgehead atoms. The summed E-state index contributed by atoms with van der Waals surface area (Å²) in [5, 5.41) is 1.05. The minimum absolute atomic E-state index is 0.144. The average Bonchev–Trinajstić information content (AvgIpc) is 2.75. The Morgan fingerprint density at radius 1 is 1.36 bits per heavy atom. The molecule has 0 aliphatic rings. The van der Waals surface area contributed by atoms with Crippen LogP contribution in [0.2, 0.25) is 0 Å². The van der Waals surface area contributed by atoms with E-state index in [4.69, 9.17) is 0 Å². The molecule has 2 aromatic rings. The van der Waals surface area contributed by atoms with E-state index in [1.807, 2.05) is 14.0 Å². The van der Waals surface area contributed by atoms with Gasteiger partial charge in [0.2, 0.25) is 0 Å². The molecule has 0 amide bonds. The van der Waals surface area contributed by atoms with Crippen LogP contribution in [0.3, 0.4) is 0 Å². The fourth-order valence-electron chi connectivity index (χ4n) is 2.44. The second-order valence-electron chi connectivity index (χ2n) is 5.58. The minimum Gasteiger partial charge on any atom is -0.311 e. The number of thiazole rings is 1. The molecule has 2 heterocycles. The van der Waals surface area contributed by atoms with Crippen molar-refractivity contribution < 1.29 is 0 Å². The Balaban J connectivity index is 2.10. The Labute approximate surface area is 133 Å². The van der Waals surface area contributed by atoms with Gasteiger partial charge in [0.05, 0.1) is 16.7 Å². The summed E-state index contributed by atoms with van der Waals surface area (Å²) < 4.78 is 1.23. The number of nitrogens with one attached hydrogen (secondary N) is 1. The third kappa shape index (κ3) is 3.53. The maximum atomic E-state index is 11.9. The molecule has 2 aromatic heterocycles. The summed E-state index contributed by atoms with van der Waals surface area (Å²) in [6.45, 7) is 8.82. The molecule has 1 unspecified atom stereocenters. The van der Waals surface area contributed by atoms with Crippen molar-refractivity contribution in [3.8, 4) is 0 Å². The molecule has 2 rings (SSSR count). The number of H-pyrrole nitrogens is 1. The second kappa shape index (κ2) is 6.58. The molecule has 0 saturated heterocycles. The Bertz CT molecular complexity index is 743. The lowest BCUT2D eigenvalue weighted by atomic mass is 10.2. The van der Waals surface area contributed by atoms with Gasteiger partial charge in [-0.15, -0.1) is 11.3 Å². The summed E-state index contributed by atoms with van der Waals surface area (Å²) >= 11 is 1.69. The SMILES string of the molecule is Cc1cc(=O)n(CCN(C)C(C)c2nc(C)sc2C)c(=O)[nH]1. The summed E-state index contributed by atoms with van der Waals surface area (Å²) in [6, 6.07) is 1.59. The van der Waals surface area contributed by atoms with E-state index < -0.39 is 0 Å². The largest absolute Gasteiger partial charge is 0.328 e. The molecular weight excluding hydrogens is 300 g/mol. The number of hydrogen-bond acceptors (Lipinski definition) is 5. The number of hydrogen-bond donors (Lipinski definition) is 1. The first-order valence-corrected chi connectivity index (χ1v) is 8.06. The second-order valence-corrected chi connectivity index (χ2v) is 6.99. The normalized spacial score (nSPS) is 12.8. The highest BCUT2D eigenvalue weighted by Gasteiger charge is 2.17. The number of aromatic amines is 1. The summed E-state index contributed by atoms with van der Waals surface area (Å²) in [7, 11) is 1.98. The third-order valence-electron chi connectivity index (χ3n) is 3.83. The van der Waals surface area contributed by atoms with Gasteiger partial charge >= 0.3 is 5.69 Å².